The number of carbonyl (C=O) groups is 2. The molecule has 1 aromatic heterocycles. The molecule has 2 heterocycles. The molecule has 0 unspecified atom stereocenters. The quantitative estimate of drug-likeness (QED) is 0.768. The molecule has 9 nitrogen and oxygen atoms in total. The van der Waals surface area contributed by atoms with Gasteiger partial charge in [0.15, 0.2) is 0 Å². The van der Waals surface area contributed by atoms with Gasteiger partial charge in [0.1, 0.15) is 25.0 Å². The monoisotopic (exact) mass is 340 g/mol. The third-order valence-corrected chi connectivity index (χ3v) is 3.67. The number of esters is 2. The summed E-state index contributed by atoms with van der Waals surface area (Å²) in [4.78, 5) is 47.9. The van der Waals surface area contributed by atoms with Gasteiger partial charge in [-0.05, 0) is 19.8 Å². The number of aryl methyl sites for hydroxylation is 1. The Morgan fingerprint density at radius 1 is 1.29 bits per heavy atom. The molecule has 0 aromatic carbocycles. The first kappa shape index (κ1) is 17.9. The molecule has 0 radical (unpaired) electrons. The normalized spacial score (nSPS) is 23.5. The van der Waals surface area contributed by atoms with E-state index in [9.17, 15) is 19.2 Å². The smallest absolute Gasteiger partial charge is 0.330 e. The molecule has 0 bridgehead atoms. The Hall–Kier alpha value is -2.42. The van der Waals surface area contributed by atoms with Gasteiger partial charge in [0.05, 0.1) is 0 Å². The summed E-state index contributed by atoms with van der Waals surface area (Å²) in [6, 6.07) is 0. The number of ether oxygens (including phenoxy) is 3. The molecule has 1 aliphatic rings. The Morgan fingerprint density at radius 2 is 2.00 bits per heavy atom. The van der Waals surface area contributed by atoms with E-state index in [1.165, 1.54) is 24.6 Å². The Balaban J connectivity index is 2.21. The van der Waals surface area contributed by atoms with Gasteiger partial charge in [0, 0.05) is 25.6 Å². The van der Waals surface area contributed by atoms with Crippen molar-refractivity contribution in [1.82, 2.24) is 9.55 Å². The molecule has 132 valence electrons. The van der Waals surface area contributed by atoms with E-state index in [0.29, 0.717) is 18.4 Å². The van der Waals surface area contributed by atoms with Crippen LogP contribution in [-0.2, 0) is 23.8 Å². The summed E-state index contributed by atoms with van der Waals surface area (Å²) in [5, 5.41) is 0. The molecule has 3 atom stereocenters. The highest BCUT2D eigenvalue weighted by Crippen LogP contribution is 2.28. The molecule has 0 amide bonds. The van der Waals surface area contributed by atoms with Gasteiger partial charge in [-0.3, -0.25) is 23.9 Å². The molecule has 2 rings (SSSR count). The number of hydrogen-bond acceptors (Lipinski definition) is 7. The predicted octanol–water partition coefficient (Wildman–Crippen LogP) is 0.0174. The number of H-pyrrole nitrogens is 1. The van der Waals surface area contributed by atoms with Crippen LogP contribution in [0.4, 0.5) is 0 Å². The largest absolute Gasteiger partial charge is 0.463 e. The van der Waals surface area contributed by atoms with E-state index in [1.807, 2.05) is 0 Å². The van der Waals surface area contributed by atoms with Crippen LogP contribution in [0.5, 0.6) is 0 Å². The van der Waals surface area contributed by atoms with Gasteiger partial charge in [-0.2, -0.15) is 0 Å². The number of carbonyl (C=O) groups excluding carboxylic acids is 2. The third kappa shape index (κ3) is 4.31. The highest BCUT2D eigenvalue weighted by atomic mass is 16.6. The second-order valence-corrected chi connectivity index (χ2v) is 5.64. The van der Waals surface area contributed by atoms with Crippen molar-refractivity contribution >= 4 is 11.9 Å². The lowest BCUT2D eigenvalue weighted by Gasteiger charge is -2.36. The van der Waals surface area contributed by atoms with Crippen LogP contribution in [0.15, 0.2) is 15.8 Å². The zero-order chi connectivity index (χ0) is 17.9. The summed E-state index contributed by atoms with van der Waals surface area (Å²) in [5.41, 5.74) is -0.675. The minimum absolute atomic E-state index is 0.0964. The van der Waals surface area contributed by atoms with E-state index in [4.69, 9.17) is 14.2 Å². The van der Waals surface area contributed by atoms with Gasteiger partial charge >= 0.3 is 17.6 Å². The lowest BCUT2D eigenvalue weighted by Crippen LogP contribution is -2.45. The minimum atomic E-state index is -0.698. The Kier molecular flexibility index (Phi) is 5.55. The van der Waals surface area contributed by atoms with Crippen molar-refractivity contribution in [1.29, 1.82) is 0 Å². The van der Waals surface area contributed by atoms with E-state index >= 15 is 0 Å². The standard InChI is InChI=1S/C15H20N2O7/c1-8-6-17(15(21)16-14(8)20)13-5-4-11(23-10(3)19)12(24-13)7-22-9(2)18/h6,11-13H,4-5,7H2,1-3H3,(H,16,20,21)/t11-,12+,13+/m0/s1. The second-order valence-electron chi connectivity index (χ2n) is 5.64. The van der Waals surface area contributed by atoms with Crippen LogP contribution in [0.25, 0.3) is 0 Å². The molecule has 1 N–H and O–H groups in total. The lowest BCUT2D eigenvalue weighted by molar-refractivity contribution is -0.192. The summed E-state index contributed by atoms with van der Waals surface area (Å²) in [6.45, 7) is 4.03. The van der Waals surface area contributed by atoms with E-state index in [1.54, 1.807) is 6.92 Å². The maximum atomic E-state index is 12.0. The number of nitrogens with zero attached hydrogens (tertiary/aromatic N) is 1. The van der Waals surface area contributed by atoms with Crippen molar-refractivity contribution in [3.8, 4) is 0 Å². The fraction of sp³-hybridized carbons (Fsp3) is 0.600. The SMILES string of the molecule is CC(=O)OC[C@H]1O[C@@H](n2cc(C)c(=O)[nH]c2=O)CC[C@@H]1OC(C)=O. The number of aromatic nitrogens is 2. The zero-order valence-corrected chi connectivity index (χ0v) is 13.7. The van der Waals surface area contributed by atoms with Crippen LogP contribution in [0.3, 0.4) is 0 Å². The summed E-state index contributed by atoms with van der Waals surface area (Å²) < 4.78 is 17.2. The molecule has 1 aliphatic heterocycles. The van der Waals surface area contributed by atoms with Gasteiger partial charge in [0.2, 0.25) is 0 Å². The maximum Gasteiger partial charge on any atom is 0.330 e. The predicted molar refractivity (Wildman–Crippen MR) is 81.4 cm³/mol. The van der Waals surface area contributed by atoms with Crippen molar-refractivity contribution in [2.75, 3.05) is 6.61 Å². The van der Waals surface area contributed by atoms with E-state index in [-0.39, 0.29) is 6.61 Å². The van der Waals surface area contributed by atoms with Crippen molar-refractivity contribution in [2.45, 2.75) is 52.0 Å². The summed E-state index contributed by atoms with van der Waals surface area (Å²) in [7, 11) is 0. The summed E-state index contributed by atoms with van der Waals surface area (Å²) in [6.07, 6.45) is 0.329. The highest BCUT2D eigenvalue weighted by molar-refractivity contribution is 5.66. The topological polar surface area (TPSA) is 117 Å². The Labute approximate surface area is 137 Å². The molecular weight excluding hydrogens is 320 g/mol. The van der Waals surface area contributed by atoms with Crippen LogP contribution < -0.4 is 11.2 Å². The van der Waals surface area contributed by atoms with Crippen LogP contribution in [0.1, 0.15) is 38.5 Å². The molecule has 24 heavy (non-hydrogen) atoms. The van der Waals surface area contributed by atoms with E-state index < -0.39 is 41.6 Å². The zero-order valence-electron chi connectivity index (χ0n) is 13.7. The van der Waals surface area contributed by atoms with Crippen LogP contribution in [-0.4, -0.2) is 40.3 Å². The number of hydrogen-bond donors (Lipinski definition) is 1. The second kappa shape index (κ2) is 7.43. The number of nitrogens with one attached hydrogen (secondary N) is 1. The van der Waals surface area contributed by atoms with Gasteiger partial charge in [-0.15, -0.1) is 0 Å². The van der Waals surface area contributed by atoms with Crippen LogP contribution in [0, 0.1) is 6.92 Å². The van der Waals surface area contributed by atoms with Gasteiger partial charge in [-0.1, -0.05) is 0 Å². The van der Waals surface area contributed by atoms with Crippen LogP contribution in [0.2, 0.25) is 0 Å². The lowest BCUT2D eigenvalue weighted by atomic mass is 10.0. The summed E-state index contributed by atoms with van der Waals surface area (Å²) in [5.74, 6) is -0.953. The fourth-order valence-electron chi connectivity index (χ4n) is 2.55. The number of rotatable bonds is 4. The summed E-state index contributed by atoms with van der Waals surface area (Å²) >= 11 is 0. The van der Waals surface area contributed by atoms with E-state index in [2.05, 4.69) is 4.98 Å². The van der Waals surface area contributed by atoms with Crippen LogP contribution >= 0.6 is 0 Å². The van der Waals surface area contributed by atoms with Crippen molar-refractivity contribution < 1.29 is 23.8 Å². The average molecular weight is 340 g/mol. The molecule has 0 spiro atoms. The van der Waals surface area contributed by atoms with Gasteiger partial charge < -0.3 is 14.2 Å². The molecule has 9 heteroatoms. The van der Waals surface area contributed by atoms with Crippen molar-refractivity contribution in [3.05, 3.63) is 32.6 Å². The Bertz CT molecular complexity index is 736. The number of aromatic amines is 1. The molecular formula is C15H20N2O7. The maximum absolute atomic E-state index is 12.0. The van der Waals surface area contributed by atoms with Crippen molar-refractivity contribution in [2.24, 2.45) is 0 Å². The first-order valence-corrected chi connectivity index (χ1v) is 7.56. The Morgan fingerprint density at radius 3 is 2.62 bits per heavy atom. The minimum Gasteiger partial charge on any atom is -0.463 e. The molecule has 1 fully saturated rings. The average Bonchev–Trinajstić information content (AvgIpc) is 2.49. The molecule has 0 aliphatic carbocycles. The third-order valence-electron chi connectivity index (χ3n) is 3.67. The molecule has 1 aromatic rings. The molecule has 0 saturated carbocycles. The molecule has 1 saturated heterocycles. The van der Waals surface area contributed by atoms with Gasteiger partial charge in [0.25, 0.3) is 5.56 Å². The first-order valence-electron chi connectivity index (χ1n) is 7.56. The fourth-order valence-corrected chi connectivity index (χ4v) is 2.55. The van der Waals surface area contributed by atoms with Gasteiger partial charge in [-0.25, -0.2) is 4.79 Å². The first-order chi connectivity index (χ1) is 11.3. The van der Waals surface area contributed by atoms with Crippen molar-refractivity contribution in [3.63, 3.8) is 0 Å². The van der Waals surface area contributed by atoms with E-state index in [0.717, 1.165) is 0 Å². The highest BCUT2D eigenvalue weighted by Gasteiger charge is 2.35.